The smallest absolute Gasteiger partial charge is 0.229 e. The van der Waals surface area contributed by atoms with Crippen molar-refractivity contribution >= 4 is 11.0 Å². The monoisotopic (exact) mass is 560 g/mol. The zero-order valence-corrected chi connectivity index (χ0v) is 22.0. The van der Waals surface area contributed by atoms with Crippen LogP contribution >= 0.6 is 0 Å². The molecule has 2 saturated heterocycles. The summed E-state index contributed by atoms with van der Waals surface area (Å²) in [6.45, 7) is 3.20. The minimum Gasteiger partial charge on any atom is -0.463 e. The van der Waals surface area contributed by atoms with Gasteiger partial charge in [-0.25, -0.2) is 0 Å². The minimum absolute atomic E-state index is 0.231. The number of benzene rings is 2. The molecule has 12 heteroatoms. The Kier molecular flexibility index (Phi) is 8.13. The van der Waals surface area contributed by atoms with E-state index >= 15 is 0 Å². The lowest BCUT2D eigenvalue weighted by atomic mass is 10.00. The molecule has 2 aromatic carbocycles. The van der Waals surface area contributed by atoms with E-state index in [1.54, 1.807) is 38.1 Å². The predicted octanol–water partition coefficient (Wildman–Crippen LogP) is 0.527. The molecular formula is C28H32O12. The number of methoxy groups -OCH3 is 1. The first kappa shape index (κ1) is 28.5. The van der Waals surface area contributed by atoms with Gasteiger partial charge in [-0.3, -0.25) is 4.79 Å². The summed E-state index contributed by atoms with van der Waals surface area (Å²) in [5, 5.41) is 51.0. The third-order valence-corrected chi connectivity index (χ3v) is 7.28. The first-order valence-electron chi connectivity index (χ1n) is 12.8. The molecule has 0 unspecified atom stereocenters. The van der Waals surface area contributed by atoms with Gasteiger partial charge in [-0.1, -0.05) is 12.1 Å². The summed E-state index contributed by atoms with van der Waals surface area (Å²) in [7, 11) is 1.39. The summed E-state index contributed by atoms with van der Waals surface area (Å²) in [5.41, 5.74) is 0.805. The summed E-state index contributed by atoms with van der Waals surface area (Å²) in [6, 6.07) is 11.1. The maximum Gasteiger partial charge on any atom is 0.229 e. The van der Waals surface area contributed by atoms with Crippen molar-refractivity contribution in [2.45, 2.75) is 75.3 Å². The third kappa shape index (κ3) is 5.32. The van der Waals surface area contributed by atoms with E-state index in [-0.39, 0.29) is 22.1 Å². The quantitative estimate of drug-likeness (QED) is 0.283. The van der Waals surface area contributed by atoms with Crippen LogP contribution in [0.3, 0.4) is 0 Å². The molecule has 2 aliphatic heterocycles. The minimum atomic E-state index is -1.48. The second-order valence-electron chi connectivity index (χ2n) is 9.97. The molecule has 0 aliphatic carbocycles. The molecular weight excluding hydrogens is 528 g/mol. The van der Waals surface area contributed by atoms with Crippen LogP contribution < -0.4 is 14.9 Å². The topological polar surface area (TPSA) is 178 Å². The van der Waals surface area contributed by atoms with Gasteiger partial charge >= 0.3 is 0 Å². The van der Waals surface area contributed by atoms with Crippen molar-refractivity contribution in [1.82, 2.24) is 0 Å². The van der Waals surface area contributed by atoms with Crippen molar-refractivity contribution in [2.75, 3.05) is 7.11 Å². The second-order valence-corrected chi connectivity index (χ2v) is 9.97. The van der Waals surface area contributed by atoms with Crippen LogP contribution in [0.4, 0.5) is 0 Å². The van der Waals surface area contributed by atoms with Gasteiger partial charge in [-0.2, -0.15) is 0 Å². The normalized spacial score (nSPS) is 34.5. The molecule has 2 fully saturated rings. The number of aliphatic hydroxyl groups excluding tert-OH is 5. The van der Waals surface area contributed by atoms with E-state index in [1.165, 1.54) is 31.6 Å². The van der Waals surface area contributed by atoms with E-state index in [4.69, 9.17) is 28.1 Å². The molecule has 10 atom stereocenters. The summed E-state index contributed by atoms with van der Waals surface area (Å²) >= 11 is 0. The van der Waals surface area contributed by atoms with E-state index in [9.17, 15) is 30.3 Å². The largest absolute Gasteiger partial charge is 0.463 e. The van der Waals surface area contributed by atoms with Crippen LogP contribution in [0, 0.1) is 0 Å². The van der Waals surface area contributed by atoms with Gasteiger partial charge in [-0.05, 0) is 43.7 Å². The van der Waals surface area contributed by atoms with Crippen LogP contribution in [-0.2, 0) is 14.2 Å². The maximum absolute atomic E-state index is 13.2. The number of hydrogen-bond donors (Lipinski definition) is 5. The van der Waals surface area contributed by atoms with E-state index in [0.29, 0.717) is 16.9 Å². The molecule has 2 aliphatic rings. The molecule has 0 bridgehead atoms. The van der Waals surface area contributed by atoms with E-state index in [0.717, 1.165) is 0 Å². The van der Waals surface area contributed by atoms with Crippen LogP contribution in [0.5, 0.6) is 11.5 Å². The first-order valence-corrected chi connectivity index (χ1v) is 12.8. The summed E-state index contributed by atoms with van der Waals surface area (Å²) in [4.78, 5) is 13.2. The molecule has 40 heavy (non-hydrogen) atoms. The zero-order chi connectivity index (χ0) is 28.7. The van der Waals surface area contributed by atoms with Crippen molar-refractivity contribution in [1.29, 1.82) is 0 Å². The predicted molar refractivity (Wildman–Crippen MR) is 139 cm³/mol. The highest BCUT2D eigenvalue weighted by molar-refractivity contribution is 5.82. The molecule has 0 radical (unpaired) electrons. The Morgan fingerprint density at radius 1 is 0.725 bits per heavy atom. The van der Waals surface area contributed by atoms with Crippen molar-refractivity contribution in [3.8, 4) is 22.6 Å². The average molecular weight is 561 g/mol. The summed E-state index contributed by atoms with van der Waals surface area (Å²) in [6.07, 6.45) is -9.62. The summed E-state index contributed by atoms with van der Waals surface area (Å²) < 4.78 is 33.4. The molecule has 3 heterocycles. The van der Waals surface area contributed by atoms with Crippen molar-refractivity contribution in [2.24, 2.45) is 0 Å². The van der Waals surface area contributed by atoms with Crippen LogP contribution in [0.2, 0.25) is 0 Å². The van der Waals surface area contributed by atoms with E-state index in [1.807, 2.05) is 0 Å². The molecule has 12 nitrogen and oxygen atoms in total. The maximum atomic E-state index is 13.2. The fourth-order valence-corrected chi connectivity index (χ4v) is 4.85. The zero-order valence-electron chi connectivity index (χ0n) is 22.0. The van der Waals surface area contributed by atoms with Gasteiger partial charge in [0, 0.05) is 13.2 Å². The Labute approximate surface area is 228 Å². The van der Waals surface area contributed by atoms with E-state index < -0.39 is 61.4 Å². The third-order valence-electron chi connectivity index (χ3n) is 7.28. The lowest BCUT2D eigenvalue weighted by Crippen LogP contribution is -2.58. The second kappa shape index (κ2) is 11.4. The van der Waals surface area contributed by atoms with Gasteiger partial charge in [0.2, 0.25) is 12.6 Å². The van der Waals surface area contributed by atoms with Crippen LogP contribution in [0.15, 0.2) is 57.9 Å². The fourth-order valence-electron chi connectivity index (χ4n) is 4.85. The Morgan fingerprint density at radius 2 is 1.32 bits per heavy atom. The number of aliphatic hydroxyl groups is 5. The Hall–Kier alpha value is -3.07. The highest BCUT2D eigenvalue weighted by atomic mass is 16.7. The van der Waals surface area contributed by atoms with Gasteiger partial charge in [0.1, 0.15) is 60.0 Å². The number of hydrogen-bond acceptors (Lipinski definition) is 12. The molecule has 3 aromatic rings. The van der Waals surface area contributed by atoms with Crippen molar-refractivity contribution in [3.05, 3.63) is 59.0 Å². The van der Waals surface area contributed by atoms with Crippen molar-refractivity contribution < 1.29 is 53.6 Å². The SMILES string of the molecule is CO[C@@H]1[C@@H](O)[C@H](C)O[C@@H](Oc2ccc(-c3coc4cc(O[C@@H]5O[C@@H](C)[C@H](O)[C@@H](O)[C@H]5O)ccc4c3=O)cc2)[C@@H]1O. The van der Waals surface area contributed by atoms with Gasteiger partial charge in [0.25, 0.3) is 0 Å². The molecule has 5 N–H and O–H groups in total. The first-order chi connectivity index (χ1) is 19.1. The lowest BCUT2D eigenvalue weighted by molar-refractivity contribution is -0.272. The molecule has 5 rings (SSSR count). The van der Waals surface area contributed by atoms with Crippen molar-refractivity contribution in [3.63, 3.8) is 0 Å². The van der Waals surface area contributed by atoms with Gasteiger partial charge in [0.05, 0.1) is 23.2 Å². The fraction of sp³-hybridized carbons (Fsp3) is 0.464. The van der Waals surface area contributed by atoms with Gasteiger partial charge in [-0.15, -0.1) is 0 Å². The van der Waals surface area contributed by atoms with Crippen LogP contribution in [0.25, 0.3) is 22.1 Å². The van der Waals surface area contributed by atoms with Crippen LogP contribution in [-0.4, -0.2) is 94.1 Å². The molecule has 0 saturated carbocycles. The standard InChI is InChI=1S/C28H32O12/c1-12-20(29)23(32)24(33)27(37-12)40-16-8-9-17-19(10-16)36-11-18(22(17)31)14-4-6-15(7-5-14)39-28-25(34)26(35-3)21(30)13(2)38-28/h4-13,20-21,23-30,32-34H,1-3H3/t12-,13-,20-,21-,23+,24+,25+,26+,27-,28-/m0/s1. The highest BCUT2D eigenvalue weighted by Gasteiger charge is 2.45. The van der Waals surface area contributed by atoms with E-state index in [2.05, 4.69) is 0 Å². The Bertz CT molecular complexity index is 1370. The highest BCUT2D eigenvalue weighted by Crippen LogP contribution is 2.29. The molecule has 0 spiro atoms. The molecule has 216 valence electrons. The number of ether oxygens (including phenoxy) is 5. The van der Waals surface area contributed by atoms with Gasteiger partial charge < -0.3 is 53.6 Å². The number of rotatable bonds is 6. The van der Waals surface area contributed by atoms with Crippen LogP contribution in [0.1, 0.15) is 13.8 Å². The number of fused-ring (bicyclic) bond motifs is 1. The Morgan fingerprint density at radius 3 is 2.00 bits per heavy atom. The lowest BCUT2D eigenvalue weighted by Gasteiger charge is -2.40. The summed E-state index contributed by atoms with van der Waals surface area (Å²) in [5.74, 6) is 0.603. The van der Waals surface area contributed by atoms with Gasteiger partial charge in [0.15, 0.2) is 5.43 Å². The Balaban J connectivity index is 1.31. The molecule has 1 aromatic heterocycles. The molecule has 0 amide bonds. The average Bonchev–Trinajstić information content (AvgIpc) is 2.94.